The largest absolute Gasteiger partial charge is 0.497 e. The van der Waals surface area contributed by atoms with Crippen molar-refractivity contribution in [3.05, 3.63) is 68.1 Å². The van der Waals surface area contributed by atoms with Crippen molar-refractivity contribution < 1.29 is 24.0 Å². The van der Waals surface area contributed by atoms with Crippen LogP contribution >= 0.6 is 0 Å². The number of nitro groups is 1. The zero-order chi connectivity index (χ0) is 26.3. The number of imide groups is 1. The van der Waals surface area contributed by atoms with Gasteiger partial charge < -0.3 is 19.5 Å². The highest BCUT2D eigenvalue weighted by molar-refractivity contribution is 6.05. The number of carbonyl (C=O) groups excluding carboxylic acids is 3. The second kappa shape index (κ2) is 9.68. The molecule has 1 N–H and O–H groups in total. The normalized spacial score (nSPS) is 22.5. The molecule has 5 rings (SSSR count). The van der Waals surface area contributed by atoms with Crippen LogP contribution in [0.4, 0.5) is 10.5 Å². The first kappa shape index (κ1) is 24.5. The van der Waals surface area contributed by atoms with Crippen molar-refractivity contribution in [3.8, 4) is 5.75 Å². The van der Waals surface area contributed by atoms with Gasteiger partial charge in [0, 0.05) is 43.9 Å². The van der Waals surface area contributed by atoms with Crippen molar-refractivity contribution in [1.29, 1.82) is 0 Å². The molecular weight excluding hydrogens is 482 g/mol. The average molecular weight is 510 g/mol. The van der Waals surface area contributed by atoms with E-state index in [1.807, 2.05) is 24.3 Å². The molecule has 3 aliphatic rings. The number of nitrogens with zero attached hydrogens (tertiary/aromatic N) is 4. The summed E-state index contributed by atoms with van der Waals surface area (Å²) in [4.78, 5) is 64.3. The molecule has 0 radical (unpaired) electrons. The van der Waals surface area contributed by atoms with Crippen LogP contribution in [0.15, 0.2) is 41.2 Å². The summed E-state index contributed by atoms with van der Waals surface area (Å²) in [6.45, 7) is 1.24. The predicted octanol–water partition coefficient (Wildman–Crippen LogP) is 1.26. The number of hydrogen-bond acceptors (Lipinski definition) is 7. The number of piperidine rings is 1. The Kier molecular flexibility index (Phi) is 6.40. The van der Waals surface area contributed by atoms with E-state index in [4.69, 9.17) is 4.74 Å². The number of methoxy groups -OCH3 is 1. The van der Waals surface area contributed by atoms with Crippen molar-refractivity contribution in [2.24, 2.45) is 5.92 Å². The number of hydrogen-bond donors (Lipinski definition) is 1. The summed E-state index contributed by atoms with van der Waals surface area (Å²) in [6, 6.07) is 8.75. The molecular formula is C25H27N5O7. The van der Waals surface area contributed by atoms with Gasteiger partial charge in [-0.05, 0) is 42.5 Å². The molecule has 4 heterocycles. The van der Waals surface area contributed by atoms with E-state index in [2.05, 4.69) is 5.32 Å². The second-order valence-electron chi connectivity index (χ2n) is 9.71. The van der Waals surface area contributed by atoms with Crippen molar-refractivity contribution >= 4 is 23.5 Å². The topological polar surface area (TPSA) is 144 Å². The van der Waals surface area contributed by atoms with Crippen molar-refractivity contribution in [1.82, 2.24) is 19.7 Å². The van der Waals surface area contributed by atoms with E-state index >= 15 is 0 Å². The van der Waals surface area contributed by atoms with Gasteiger partial charge in [0.1, 0.15) is 11.8 Å². The number of urea groups is 1. The molecule has 4 amide bonds. The summed E-state index contributed by atoms with van der Waals surface area (Å²) in [6.07, 6.45) is 1.12. The predicted molar refractivity (Wildman–Crippen MR) is 130 cm³/mol. The van der Waals surface area contributed by atoms with Gasteiger partial charge in [0.2, 0.25) is 5.91 Å². The standard InChI is InChI=1S/C25H27N5O7/c1-37-18-4-2-15(3-5-18)8-9-28-23(32)19(26-25(28)34)11-22(31)27-12-16-10-17(14-27)20-6-7-21(30(35)36)24(33)29(20)13-16/h2-7,16-17,19H,8-14H2,1H3,(H,26,34). The molecule has 2 saturated heterocycles. The lowest BCUT2D eigenvalue weighted by atomic mass is 9.83. The molecule has 3 atom stereocenters. The lowest BCUT2D eigenvalue weighted by Gasteiger charge is -2.42. The Bertz CT molecular complexity index is 1320. The van der Waals surface area contributed by atoms with Gasteiger partial charge in [0.05, 0.1) is 18.5 Å². The number of rotatable bonds is 7. The summed E-state index contributed by atoms with van der Waals surface area (Å²) >= 11 is 0. The van der Waals surface area contributed by atoms with Crippen LogP contribution in [0.3, 0.4) is 0 Å². The van der Waals surface area contributed by atoms with Gasteiger partial charge in [-0.25, -0.2) is 4.79 Å². The second-order valence-corrected chi connectivity index (χ2v) is 9.71. The van der Waals surface area contributed by atoms with Gasteiger partial charge in [-0.3, -0.25) is 29.4 Å². The molecule has 2 fully saturated rings. The third kappa shape index (κ3) is 4.66. The molecule has 12 heteroatoms. The van der Waals surface area contributed by atoms with Gasteiger partial charge in [-0.1, -0.05) is 12.1 Å². The maximum atomic E-state index is 13.1. The molecule has 0 aliphatic carbocycles. The summed E-state index contributed by atoms with van der Waals surface area (Å²) < 4.78 is 6.60. The third-order valence-electron chi connectivity index (χ3n) is 7.40. The maximum absolute atomic E-state index is 13.1. The third-order valence-corrected chi connectivity index (χ3v) is 7.40. The van der Waals surface area contributed by atoms with Gasteiger partial charge in [0.15, 0.2) is 0 Å². The average Bonchev–Trinajstić information content (AvgIpc) is 3.15. The maximum Gasteiger partial charge on any atom is 0.334 e. The van der Waals surface area contributed by atoms with Crippen LogP contribution in [0.2, 0.25) is 0 Å². The molecule has 2 aromatic rings. The lowest BCUT2D eigenvalue weighted by Crippen LogP contribution is -2.50. The summed E-state index contributed by atoms with van der Waals surface area (Å²) in [5, 5.41) is 13.8. The molecule has 1 aromatic carbocycles. The highest BCUT2D eigenvalue weighted by Gasteiger charge is 2.42. The molecule has 1 aromatic heterocycles. The monoisotopic (exact) mass is 509 g/mol. The SMILES string of the molecule is COc1ccc(CCN2C(=O)NC(CC(=O)N3CC4CC(C3)c3ccc([N+](=O)[O-])c(=O)n3C4)C2=O)cc1. The first-order chi connectivity index (χ1) is 17.7. The summed E-state index contributed by atoms with van der Waals surface area (Å²) in [7, 11) is 1.58. The Morgan fingerprint density at radius 1 is 1.11 bits per heavy atom. The van der Waals surface area contributed by atoms with Crippen LogP contribution in [0, 0.1) is 16.0 Å². The summed E-state index contributed by atoms with van der Waals surface area (Å²) in [5.74, 6) is -0.100. The molecule has 0 saturated carbocycles. The molecule has 3 unspecified atom stereocenters. The number of nitrogens with one attached hydrogen (secondary N) is 1. The summed E-state index contributed by atoms with van der Waals surface area (Å²) in [5.41, 5.74) is 0.555. The Morgan fingerprint density at radius 3 is 2.57 bits per heavy atom. The van der Waals surface area contributed by atoms with E-state index in [9.17, 15) is 29.3 Å². The number of aromatic nitrogens is 1. The minimum absolute atomic E-state index is 0.0234. The highest BCUT2D eigenvalue weighted by Crippen LogP contribution is 2.36. The molecule has 12 nitrogen and oxygen atoms in total. The zero-order valence-corrected chi connectivity index (χ0v) is 20.3. The van der Waals surface area contributed by atoms with Crippen LogP contribution < -0.4 is 15.6 Å². The fourth-order valence-electron chi connectivity index (χ4n) is 5.54. The van der Waals surface area contributed by atoms with E-state index < -0.39 is 34.2 Å². The van der Waals surface area contributed by atoms with Gasteiger partial charge >= 0.3 is 17.3 Å². The van der Waals surface area contributed by atoms with E-state index in [1.165, 1.54) is 10.6 Å². The lowest BCUT2D eigenvalue weighted by molar-refractivity contribution is -0.386. The Hall–Kier alpha value is -4.22. The van der Waals surface area contributed by atoms with Crippen molar-refractivity contribution in [2.75, 3.05) is 26.7 Å². The number of amides is 4. The number of carbonyl (C=O) groups is 3. The fourth-order valence-corrected chi connectivity index (χ4v) is 5.54. The van der Waals surface area contributed by atoms with Crippen LogP contribution in [-0.4, -0.2) is 69.9 Å². The van der Waals surface area contributed by atoms with Crippen LogP contribution in [0.5, 0.6) is 5.75 Å². The van der Waals surface area contributed by atoms with Crippen molar-refractivity contribution in [2.45, 2.75) is 37.8 Å². The van der Waals surface area contributed by atoms with Crippen molar-refractivity contribution in [3.63, 3.8) is 0 Å². The quantitative estimate of drug-likeness (QED) is 0.336. The first-order valence-electron chi connectivity index (χ1n) is 12.2. The van der Waals surface area contributed by atoms with Crippen LogP contribution in [0.25, 0.3) is 0 Å². The zero-order valence-electron chi connectivity index (χ0n) is 20.3. The molecule has 37 heavy (non-hydrogen) atoms. The van der Waals surface area contributed by atoms with Gasteiger partial charge in [-0.2, -0.15) is 0 Å². The van der Waals surface area contributed by atoms with E-state index in [1.54, 1.807) is 18.1 Å². The molecule has 2 bridgehead atoms. The number of fused-ring (bicyclic) bond motifs is 4. The van der Waals surface area contributed by atoms with Gasteiger partial charge in [0.25, 0.3) is 5.91 Å². The minimum Gasteiger partial charge on any atom is -0.497 e. The van der Waals surface area contributed by atoms with Crippen LogP contribution in [-0.2, 0) is 22.6 Å². The Morgan fingerprint density at radius 2 is 1.86 bits per heavy atom. The van der Waals surface area contributed by atoms with Crippen LogP contribution in [0.1, 0.15) is 30.0 Å². The van der Waals surface area contributed by atoms with E-state index in [0.29, 0.717) is 31.7 Å². The van der Waals surface area contributed by atoms with Gasteiger partial charge in [-0.15, -0.1) is 0 Å². The number of benzene rings is 1. The van der Waals surface area contributed by atoms with E-state index in [-0.39, 0.29) is 30.7 Å². The highest BCUT2D eigenvalue weighted by atomic mass is 16.6. The molecule has 0 spiro atoms. The molecule has 194 valence electrons. The Labute approximate surface area is 211 Å². The Balaban J connectivity index is 1.21. The smallest absolute Gasteiger partial charge is 0.334 e. The minimum atomic E-state index is -0.921. The number of pyridine rings is 1. The van der Waals surface area contributed by atoms with E-state index in [0.717, 1.165) is 22.6 Å². The number of likely N-dealkylation sites (tertiary alicyclic amines) is 1. The fraction of sp³-hybridized carbons (Fsp3) is 0.440. The molecule has 3 aliphatic heterocycles. The first-order valence-corrected chi connectivity index (χ1v) is 12.2. The number of ether oxygens (including phenoxy) is 1.